The summed E-state index contributed by atoms with van der Waals surface area (Å²) in [6, 6.07) is 7.02. The molecule has 1 aromatic carbocycles. The maximum Gasteiger partial charge on any atom is 0.283 e. The summed E-state index contributed by atoms with van der Waals surface area (Å²) in [4.78, 5) is 12.1. The molecule has 0 saturated heterocycles. The van der Waals surface area contributed by atoms with Crippen LogP contribution < -0.4 is 10.9 Å². The number of phenols is 1. The van der Waals surface area contributed by atoms with Crippen molar-refractivity contribution < 1.29 is 9.84 Å². The van der Waals surface area contributed by atoms with Crippen molar-refractivity contribution in [3.8, 4) is 5.75 Å². The quantitative estimate of drug-likeness (QED) is 0.830. The van der Waals surface area contributed by atoms with Gasteiger partial charge in [0.2, 0.25) is 0 Å². The van der Waals surface area contributed by atoms with E-state index in [1.165, 1.54) is 4.68 Å². The SMILES string of the molecule is COCCn1ncc(NCc2ccccc2O)c(Br)c1=O. The van der Waals surface area contributed by atoms with Crippen LogP contribution in [0.1, 0.15) is 5.56 Å². The Hall–Kier alpha value is -1.86. The molecule has 0 fully saturated rings. The molecule has 2 aromatic rings. The highest BCUT2D eigenvalue weighted by Gasteiger charge is 2.09. The fourth-order valence-electron chi connectivity index (χ4n) is 1.78. The molecule has 112 valence electrons. The Kier molecular flexibility index (Phi) is 5.35. The standard InChI is InChI=1S/C14H16BrN3O3/c1-21-7-6-18-14(20)13(15)11(9-17-18)16-8-10-4-2-3-5-12(10)19/h2-5,9,16,19H,6-8H2,1H3. The smallest absolute Gasteiger partial charge is 0.283 e. The number of para-hydroxylation sites is 1. The minimum atomic E-state index is -0.227. The van der Waals surface area contributed by atoms with E-state index in [4.69, 9.17) is 4.74 Å². The molecule has 0 aliphatic heterocycles. The Morgan fingerprint density at radius 2 is 2.19 bits per heavy atom. The number of aromatic nitrogens is 2. The lowest BCUT2D eigenvalue weighted by molar-refractivity contribution is 0.181. The third-order valence-electron chi connectivity index (χ3n) is 2.95. The molecule has 6 nitrogen and oxygen atoms in total. The van der Waals surface area contributed by atoms with Gasteiger partial charge in [0.05, 0.1) is 25.0 Å². The number of anilines is 1. The summed E-state index contributed by atoms with van der Waals surface area (Å²) in [5.74, 6) is 0.211. The molecular weight excluding hydrogens is 338 g/mol. The van der Waals surface area contributed by atoms with Crippen LogP contribution in [0.5, 0.6) is 5.75 Å². The Labute approximate surface area is 130 Å². The molecular formula is C14H16BrN3O3. The van der Waals surface area contributed by atoms with E-state index < -0.39 is 0 Å². The lowest BCUT2D eigenvalue weighted by Gasteiger charge is -2.11. The summed E-state index contributed by atoms with van der Waals surface area (Å²) < 4.78 is 6.67. The summed E-state index contributed by atoms with van der Waals surface area (Å²) in [6.07, 6.45) is 1.57. The van der Waals surface area contributed by atoms with Gasteiger partial charge in [-0.25, -0.2) is 4.68 Å². The molecule has 1 heterocycles. The van der Waals surface area contributed by atoms with Crippen LogP contribution in [-0.2, 0) is 17.8 Å². The molecule has 0 aliphatic rings. The van der Waals surface area contributed by atoms with Gasteiger partial charge in [-0.15, -0.1) is 0 Å². The number of phenolic OH excluding ortho intramolecular Hbond substituents is 1. The Bertz CT molecular complexity index is 673. The van der Waals surface area contributed by atoms with Crippen LogP contribution >= 0.6 is 15.9 Å². The van der Waals surface area contributed by atoms with Gasteiger partial charge < -0.3 is 15.2 Å². The molecule has 0 spiro atoms. The first kappa shape index (κ1) is 15.5. The van der Waals surface area contributed by atoms with Gasteiger partial charge in [-0.2, -0.15) is 5.10 Å². The Balaban J connectivity index is 2.13. The highest BCUT2D eigenvalue weighted by atomic mass is 79.9. The fourth-order valence-corrected chi connectivity index (χ4v) is 2.22. The van der Waals surface area contributed by atoms with Crippen molar-refractivity contribution in [2.75, 3.05) is 19.0 Å². The molecule has 0 unspecified atom stereocenters. The van der Waals surface area contributed by atoms with E-state index >= 15 is 0 Å². The first-order valence-corrected chi connectivity index (χ1v) is 7.18. The van der Waals surface area contributed by atoms with Crippen LogP contribution in [0.15, 0.2) is 39.7 Å². The van der Waals surface area contributed by atoms with Crippen molar-refractivity contribution in [1.29, 1.82) is 0 Å². The second-order valence-electron chi connectivity index (χ2n) is 4.38. The normalized spacial score (nSPS) is 10.6. The van der Waals surface area contributed by atoms with Gasteiger partial charge in [0, 0.05) is 19.2 Å². The number of rotatable bonds is 6. The van der Waals surface area contributed by atoms with Crippen LogP contribution in [0.25, 0.3) is 0 Å². The molecule has 7 heteroatoms. The van der Waals surface area contributed by atoms with Crippen molar-refractivity contribution >= 4 is 21.6 Å². The average Bonchev–Trinajstić information content (AvgIpc) is 2.49. The topological polar surface area (TPSA) is 76.4 Å². The van der Waals surface area contributed by atoms with Crippen molar-refractivity contribution in [3.05, 3.63) is 50.9 Å². The lowest BCUT2D eigenvalue weighted by Crippen LogP contribution is -2.26. The maximum atomic E-state index is 12.1. The average molecular weight is 354 g/mol. The summed E-state index contributed by atoms with van der Waals surface area (Å²) in [5, 5.41) is 16.9. The summed E-state index contributed by atoms with van der Waals surface area (Å²) in [5.41, 5.74) is 1.10. The second kappa shape index (κ2) is 7.24. The molecule has 0 aliphatic carbocycles. The zero-order valence-electron chi connectivity index (χ0n) is 11.5. The van der Waals surface area contributed by atoms with Crippen molar-refractivity contribution in [2.45, 2.75) is 13.1 Å². The fraction of sp³-hybridized carbons (Fsp3) is 0.286. The summed E-state index contributed by atoms with van der Waals surface area (Å²) >= 11 is 3.28. The van der Waals surface area contributed by atoms with E-state index in [9.17, 15) is 9.90 Å². The van der Waals surface area contributed by atoms with Gasteiger partial charge in [-0.1, -0.05) is 18.2 Å². The first-order chi connectivity index (χ1) is 10.1. The van der Waals surface area contributed by atoms with Crippen molar-refractivity contribution in [3.63, 3.8) is 0 Å². The van der Waals surface area contributed by atoms with Crippen LogP contribution in [-0.4, -0.2) is 28.6 Å². The number of methoxy groups -OCH3 is 1. The van der Waals surface area contributed by atoms with E-state index in [0.29, 0.717) is 29.9 Å². The number of benzene rings is 1. The van der Waals surface area contributed by atoms with Crippen LogP contribution in [0.4, 0.5) is 5.69 Å². The minimum absolute atomic E-state index is 0.211. The second-order valence-corrected chi connectivity index (χ2v) is 5.17. The molecule has 1 aromatic heterocycles. The lowest BCUT2D eigenvalue weighted by atomic mass is 10.2. The first-order valence-electron chi connectivity index (χ1n) is 6.38. The number of hydrogen-bond donors (Lipinski definition) is 2. The zero-order chi connectivity index (χ0) is 15.2. The molecule has 0 bridgehead atoms. The molecule has 0 atom stereocenters. The van der Waals surface area contributed by atoms with Gasteiger partial charge in [0.15, 0.2) is 0 Å². The molecule has 0 saturated carbocycles. The predicted molar refractivity (Wildman–Crippen MR) is 83.5 cm³/mol. The Morgan fingerprint density at radius 1 is 1.43 bits per heavy atom. The van der Waals surface area contributed by atoms with Gasteiger partial charge in [0.1, 0.15) is 10.2 Å². The van der Waals surface area contributed by atoms with E-state index in [1.54, 1.807) is 25.4 Å². The molecule has 2 N–H and O–H groups in total. The van der Waals surface area contributed by atoms with Crippen LogP contribution in [0.3, 0.4) is 0 Å². The monoisotopic (exact) mass is 353 g/mol. The predicted octanol–water partition coefficient (Wildman–Crippen LogP) is 1.97. The number of ether oxygens (including phenoxy) is 1. The van der Waals surface area contributed by atoms with E-state index in [2.05, 4.69) is 26.3 Å². The van der Waals surface area contributed by atoms with Gasteiger partial charge >= 0.3 is 0 Å². The van der Waals surface area contributed by atoms with Crippen LogP contribution in [0, 0.1) is 0 Å². The highest BCUT2D eigenvalue weighted by molar-refractivity contribution is 9.10. The van der Waals surface area contributed by atoms with E-state index in [0.717, 1.165) is 5.56 Å². The van der Waals surface area contributed by atoms with Gasteiger partial charge in [0.25, 0.3) is 5.56 Å². The van der Waals surface area contributed by atoms with Gasteiger partial charge in [-0.05, 0) is 22.0 Å². The molecule has 21 heavy (non-hydrogen) atoms. The number of nitrogens with zero attached hydrogens (tertiary/aromatic N) is 2. The largest absolute Gasteiger partial charge is 0.508 e. The third kappa shape index (κ3) is 3.83. The Morgan fingerprint density at radius 3 is 2.90 bits per heavy atom. The zero-order valence-corrected chi connectivity index (χ0v) is 13.1. The van der Waals surface area contributed by atoms with Crippen molar-refractivity contribution in [1.82, 2.24) is 9.78 Å². The third-order valence-corrected chi connectivity index (χ3v) is 3.72. The molecule has 2 rings (SSSR count). The number of hydrogen-bond acceptors (Lipinski definition) is 5. The minimum Gasteiger partial charge on any atom is -0.508 e. The number of nitrogens with one attached hydrogen (secondary N) is 1. The maximum absolute atomic E-state index is 12.1. The molecule has 0 radical (unpaired) electrons. The van der Waals surface area contributed by atoms with E-state index in [1.807, 2.05) is 12.1 Å². The summed E-state index contributed by atoms with van der Waals surface area (Å²) in [7, 11) is 1.57. The summed E-state index contributed by atoms with van der Waals surface area (Å²) in [6.45, 7) is 1.21. The number of aromatic hydroxyl groups is 1. The number of halogens is 1. The van der Waals surface area contributed by atoms with Crippen molar-refractivity contribution in [2.24, 2.45) is 0 Å². The highest BCUT2D eigenvalue weighted by Crippen LogP contribution is 2.20. The molecule has 0 amide bonds. The van der Waals surface area contributed by atoms with E-state index in [-0.39, 0.29) is 11.3 Å². The van der Waals surface area contributed by atoms with Gasteiger partial charge in [-0.3, -0.25) is 4.79 Å². The van der Waals surface area contributed by atoms with Crippen LogP contribution in [0.2, 0.25) is 0 Å².